The maximum absolute atomic E-state index is 6.20. The Kier molecular flexibility index (Phi) is 4.81. The SMILES string of the molecule is NCCn1c2c(c3ccc(NC4C=CC(Cl)=C(Cl)C4)cc31)CCCC2. The van der Waals surface area contributed by atoms with Gasteiger partial charge >= 0.3 is 0 Å². The van der Waals surface area contributed by atoms with Gasteiger partial charge in [-0.15, -0.1) is 0 Å². The lowest BCUT2D eigenvalue weighted by molar-refractivity contribution is 0.617. The predicted molar refractivity (Wildman–Crippen MR) is 108 cm³/mol. The van der Waals surface area contributed by atoms with E-state index in [0.717, 1.165) is 25.1 Å². The van der Waals surface area contributed by atoms with Gasteiger partial charge < -0.3 is 15.6 Å². The number of hydrogen-bond acceptors (Lipinski definition) is 2. The highest BCUT2D eigenvalue weighted by molar-refractivity contribution is 6.40. The second-order valence-electron chi connectivity index (χ2n) is 6.87. The van der Waals surface area contributed by atoms with Gasteiger partial charge in [-0.1, -0.05) is 35.3 Å². The Morgan fingerprint density at radius 1 is 1.20 bits per heavy atom. The van der Waals surface area contributed by atoms with Crippen LogP contribution in [0.15, 0.2) is 40.4 Å². The van der Waals surface area contributed by atoms with Crippen LogP contribution in [0.5, 0.6) is 0 Å². The van der Waals surface area contributed by atoms with Crippen molar-refractivity contribution >= 4 is 39.8 Å². The van der Waals surface area contributed by atoms with E-state index in [1.54, 1.807) is 0 Å². The zero-order valence-corrected chi connectivity index (χ0v) is 15.7. The standard InChI is InChI=1S/C20H23Cl2N3/c21-17-8-6-13(11-18(17)22)24-14-5-7-16-15-3-1-2-4-19(15)25(10-9-23)20(16)12-14/h5-8,12-13,24H,1-4,9-11,23H2. The smallest absolute Gasteiger partial charge is 0.0549 e. The summed E-state index contributed by atoms with van der Waals surface area (Å²) < 4.78 is 2.43. The number of nitrogens with two attached hydrogens (primary N) is 1. The van der Waals surface area contributed by atoms with Crippen molar-refractivity contribution < 1.29 is 0 Å². The summed E-state index contributed by atoms with van der Waals surface area (Å²) in [6, 6.07) is 6.85. The fourth-order valence-electron chi connectivity index (χ4n) is 4.07. The van der Waals surface area contributed by atoms with Crippen LogP contribution in [0.4, 0.5) is 5.69 Å². The number of aromatic nitrogens is 1. The van der Waals surface area contributed by atoms with Crippen molar-refractivity contribution in [2.75, 3.05) is 11.9 Å². The quantitative estimate of drug-likeness (QED) is 0.796. The fraction of sp³-hybridized carbons (Fsp3) is 0.400. The number of allylic oxidation sites excluding steroid dienone is 2. The fourth-order valence-corrected chi connectivity index (χ4v) is 4.45. The summed E-state index contributed by atoms with van der Waals surface area (Å²) in [4.78, 5) is 0. The van der Waals surface area contributed by atoms with E-state index >= 15 is 0 Å². The Morgan fingerprint density at radius 2 is 2.04 bits per heavy atom. The van der Waals surface area contributed by atoms with Gasteiger partial charge in [0.2, 0.25) is 0 Å². The van der Waals surface area contributed by atoms with Crippen molar-refractivity contribution in [1.82, 2.24) is 4.57 Å². The number of nitrogens with one attached hydrogen (secondary N) is 1. The lowest BCUT2D eigenvalue weighted by Crippen LogP contribution is -2.19. The number of nitrogens with zero attached hydrogens (tertiary/aromatic N) is 1. The summed E-state index contributed by atoms with van der Waals surface area (Å²) in [5.74, 6) is 0. The van der Waals surface area contributed by atoms with Crippen LogP contribution in [0.2, 0.25) is 0 Å². The van der Waals surface area contributed by atoms with Crippen LogP contribution in [-0.2, 0) is 19.4 Å². The van der Waals surface area contributed by atoms with E-state index in [-0.39, 0.29) is 6.04 Å². The normalized spacial score (nSPS) is 20.2. The van der Waals surface area contributed by atoms with Crippen molar-refractivity contribution in [1.29, 1.82) is 0 Å². The molecule has 3 N–H and O–H groups in total. The molecule has 0 amide bonds. The molecule has 0 saturated heterocycles. The van der Waals surface area contributed by atoms with E-state index in [4.69, 9.17) is 28.9 Å². The Bertz CT molecular complexity index is 863. The molecule has 1 unspecified atom stereocenters. The molecule has 2 aromatic rings. The first-order chi connectivity index (χ1) is 12.2. The highest BCUT2D eigenvalue weighted by Crippen LogP contribution is 2.34. The van der Waals surface area contributed by atoms with Gasteiger partial charge in [0.15, 0.2) is 0 Å². The number of halogens is 2. The average Bonchev–Trinajstić information content (AvgIpc) is 2.92. The number of benzene rings is 1. The molecule has 0 spiro atoms. The van der Waals surface area contributed by atoms with Crippen molar-refractivity contribution in [3.05, 3.63) is 51.7 Å². The lowest BCUT2D eigenvalue weighted by atomic mass is 9.95. The van der Waals surface area contributed by atoms with Crippen LogP contribution >= 0.6 is 23.2 Å². The number of aryl methyl sites for hydroxylation is 1. The molecular formula is C20H23Cl2N3. The van der Waals surface area contributed by atoms with Gasteiger partial charge in [-0.25, -0.2) is 0 Å². The highest BCUT2D eigenvalue weighted by Gasteiger charge is 2.20. The highest BCUT2D eigenvalue weighted by atomic mass is 35.5. The maximum atomic E-state index is 6.20. The van der Waals surface area contributed by atoms with Crippen LogP contribution in [0.25, 0.3) is 10.9 Å². The van der Waals surface area contributed by atoms with Crippen LogP contribution in [0.1, 0.15) is 30.5 Å². The Hall–Kier alpha value is -1.42. The van der Waals surface area contributed by atoms with E-state index in [2.05, 4.69) is 34.2 Å². The topological polar surface area (TPSA) is 43.0 Å². The Balaban J connectivity index is 1.68. The van der Waals surface area contributed by atoms with Crippen molar-refractivity contribution in [3.63, 3.8) is 0 Å². The van der Waals surface area contributed by atoms with Crippen molar-refractivity contribution in [2.45, 2.75) is 44.7 Å². The molecule has 3 nitrogen and oxygen atoms in total. The number of hydrogen-bond donors (Lipinski definition) is 2. The van der Waals surface area contributed by atoms with E-state index in [1.807, 2.05) is 6.08 Å². The summed E-state index contributed by atoms with van der Waals surface area (Å²) in [6.07, 6.45) is 9.57. The molecule has 1 aromatic carbocycles. The second-order valence-corrected chi connectivity index (χ2v) is 7.73. The van der Waals surface area contributed by atoms with Gasteiger partial charge in [0.1, 0.15) is 0 Å². The van der Waals surface area contributed by atoms with Gasteiger partial charge in [0.05, 0.1) is 10.5 Å². The molecule has 2 aliphatic rings. The summed E-state index contributed by atoms with van der Waals surface area (Å²) >= 11 is 12.2. The van der Waals surface area contributed by atoms with Crippen molar-refractivity contribution in [2.24, 2.45) is 5.73 Å². The van der Waals surface area contributed by atoms with Crippen LogP contribution in [-0.4, -0.2) is 17.2 Å². The third kappa shape index (κ3) is 3.21. The monoisotopic (exact) mass is 375 g/mol. The molecular weight excluding hydrogens is 353 g/mol. The summed E-state index contributed by atoms with van der Waals surface area (Å²) in [6.45, 7) is 1.54. The summed E-state index contributed by atoms with van der Waals surface area (Å²) in [5, 5.41) is 6.30. The van der Waals surface area contributed by atoms with E-state index in [9.17, 15) is 0 Å². The minimum atomic E-state index is 0.167. The molecule has 4 rings (SSSR count). The molecule has 0 aliphatic heterocycles. The van der Waals surface area contributed by atoms with E-state index in [0.29, 0.717) is 16.6 Å². The Labute approximate surface area is 158 Å². The molecule has 132 valence electrons. The van der Waals surface area contributed by atoms with Crippen LogP contribution in [0, 0.1) is 0 Å². The zero-order valence-electron chi connectivity index (χ0n) is 14.2. The maximum Gasteiger partial charge on any atom is 0.0549 e. The summed E-state index contributed by atoms with van der Waals surface area (Å²) in [5.41, 5.74) is 11.3. The van der Waals surface area contributed by atoms with E-state index in [1.165, 1.54) is 41.4 Å². The average molecular weight is 376 g/mol. The summed E-state index contributed by atoms with van der Waals surface area (Å²) in [7, 11) is 0. The molecule has 0 saturated carbocycles. The van der Waals surface area contributed by atoms with Crippen molar-refractivity contribution in [3.8, 4) is 0 Å². The second kappa shape index (κ2) is 7.06. The van der Waals surface area contributed by atoms with Crippen LogP contribution in [0.3, 0.4) is 0 Å². The minimum absolute atomic E-state index is 0.167. The Morgan fingerprint density at radius 3 is 2.84 bits per heavy atom. The molecule has 0 fully saturated rings. The lowest BCUT2D eigenvalue weighted by Gasteiger charge is -2.20. The number of rotatable bonds is 4. The van der Waals surface area contributed by atoms with Gasteiger partial charge in [0.25, 0.3) is 0 Å². The molecule has 0 bridgehead atoms. The molecule has 5 heteroatoms. The number of anilines is 1. The third-order valence-electron chi connectivity index (χ3n) is 5.22. The predicted octanol–water partition coefficient (Wildman–Crippen LogP) is 4.91. The molecule has 1 heterocycles. The molecule has 2 aliphatic carbocycles. The molecule has 25 heavy (non-hydrogen) atoms. The zero-order chi connectivity index (χ0) is 17.4. The first-order valence-corrected chi connectivity index (χ1v) is 9.76. The molecule has 1 atom stereocenters. The van der Waals surface area contributed by atoms with Gasteiger partial charge in [-0.05, 0) is 49.5 Å². The van der Waals surface area contributed by atoms with E-state index < -0.39 is 0 Å². The first kappa shape index (κ1) is 17.0. The third-order valence-corrected chi connectivity index (χ3v) is 6.02. The first-order valence-electron chi connectivity index (χ1n) is 9.00. The molecule has 0 radical (unpaired) electrons. The number of fused-ring (bicyclic) bond motifs is 3. The minimum Gasteiger partial charge on any atom is -0.378 e. The molecule has 1 aromatic heterocycles. The van der Waals surface area contributed by atoms with Gasteiger partial charge in [-0.3, -0.25) is 0 Å². The largest absolute Gasteiger partial charge is 0.378 e. The van der Waals surface area contributed by atoms with Crippen LogP contribution < -0.4 is 11.1 Å². The van der Waals surface area contributed by atoms with Gasteiger partial charge in [-0.2, -0.15) is 0 Å². The van der Waals surface area contributed by atoms with Gasteiger partial charge in [0, 0.05) is 47.4 Å².